The molecule has 1 fully saturated rings. The fourth-order valence-corrected chi connectivity index (χ4v) is 1.45. The molecule has 0 aromatic heterocycles. The van der Waals surface area contributed by atoms with Crippen molar-refractivity contribution < 1.29 is 0 Å². The van der Waals surface area contributed by atoms with E-state index in [0.29, 0.717) is 6.04 Å². The van der Waals surface area contributed by atoms with Gasteiger partial charge in [0.15, 0.2) is 0 Å². The normalized spacial score (nSPS) is 20.7. The molecule has 59 valence electrons. The molecule has 10 heavy (non-hydrogen) atoms. The van der Waals surface area contributed by atoms with Crippen LogP contribution in [0.5, 0.6) is 0 Å². The molecular weight excluding hydrogens is 122 g/mol. The molecule has 0 spiro atoms. The van der Waals surface area contributed by atoms with Crippen LogP contribution in [0.3, 0.4) is 0 Å². The Bertz CT molecular complexity index is 82.7. The molecule has 1 aliphatic rings. The summed E-state index contributed by atoms with van der Waals surface area (Å²) in [7, 11) is 0. The van der Waals surface area contributed by atoms with E-state index >= 15 is 0 Å². The maximum Gasteiger partial charge on any atom is 0.0254 e. The summed E-state index contributed by atoms with van der Waals surface area (Å²) >= 11 is 0. The van der Waals surface area contributed by atoms with Crippen LogP contribution in [-0.2, 0) is 0 Å². The smallest absolute Gasteiger partial charge is 0.0254 e. The summed E-state index contributed by atoms with van der Waals surface area (Å²) in [6, 6.07) is 0.612. The molecule has 1 radical (unpaired) electrons. The Morgan fingerprint density at radius 1 is 1.30 bits per heavy atom. The molecule has 1 saturated carbocycles. The van der Waals surface area contributed by atoms with Gasteiger partial charge in [-0.2, -0.15) is 0 Å². The number of hydrogen-bond donors (Lipinski definition) is 1. The topological polar surface area (TPSA) is 12.0 Å². The van der Waals surface area contributed by atoms with E-state index in [0.717, 1.165) is 5.92 Å². The summed E-state index contributed by atoms with van der Waals surface area (Å²) in [4.78, 5) is 0. The molecule has 0 heterocycles. The van der Waals surface area contributed by atoms with Gasteiger partial charge in [0.05, 0.1) is 0 Å². The van der Waals surface area contributed by atoms with Gasteiger partial charge in [0, 0.05) is 12.6 Å². The molecule has 0 atom stereocenters. The first-order valence-electron chi connectivity index (χ1n) is 4.38. The molecule has 0 aromatic carbocycles. The minimum Gasteiger partial charge on any atom is -0.310 e. The van der Waals surface area contributed by atoms with Crippen molar-refractivity contribution in [3.8, 4) is 0 Å². The second-order valence-electron chi connectivity index (χ2n) is 3.53. The van der Waals surface area contributed by atoms with Crippen LogP contribution in [0.4, 0.5) is 0 Å². The van der Waals surface area contributed by atoms with Gasteiger partial charge in [-0.25, -0.2) is 0 Å². The average molecular weight is 140 g/mol. The van der Waals surface area contributed by atoms with Gasteiger partial charge in [0.2, 0.25) is 0 Å². The van der Waals surface area contributed by atoms with Crippen molar-refractivity contribution in [2.75, 3.05) is 0 Å². The van der Waals surface area contributed by atoms with Gasteiger partial charge in [-0.05, 0) is 18.8 Å². The molecular formula is C9H18N. The minimum atomic E-state index is 0.612. The van der Waals surface area contributed by atoms with E-state index in [4.69, 9.17) is 0 Å². The van der Waals surface area contributed by atoms with Gasteiger partial charge < -0.3 is 5.32 Å². The number of rotatable bonds is 3. The molecule has 1 rings (SSSR count). The van der Waals surface area contributed by atoms with Gasteiger partial charge in [-0.1, -0.05) is 26.7 Å². The molecule has 1 aliphatic carbocycles. The van der Waals surface area contributed by atoms with Crippen molar-refractivity contribution in [2.45, 2.75) is 45.6 Å². The first kappa shape index (κ1) is 8.06. The summed E-state index contributed by atoms with van der Waals surface area (Å²) in [6.07, 6.45) is 5.67. The summed E-state index contributed by atoms with van der Waals surface area (Å²) in [6.45, 7) is 6.66. The van der Waals surface area contributed by atoms with Crippen molar-refractivity contribution in [3.05, 3.63) is 6.54 Å². The van der Waals surface area contributed by atoms with Crippen molar-refractivity contribution >= 4 is 0 Å². The predicted molar refractivity (Wildman–Crippen MR) is 44.5 cm³/mol. The third kappa shape index (κ3) is 2.70. The highest BCUT2D eigenvalue weighted by atomic mass is 14.9. The Balaban J connectivity index is 2.01. The lowest BCUT2D eigenvalue weighted by Crippen LogP contribution is -2.22. The van der Waals surface area contributed by atoms with Gasteiger partial charge >= 0.3 is 0 Å². The molecule has 1 heteroatoms. The fourth-order valence-electron chi connectivity index (χ4n) is 1.45. The SMILES string of the molecule is CC(C)N[CH]C1CCCC1. The van der Waals surface area contributed by atoms with Crippen LogP contribution in [0.25, 0.3) is 0 Å². The highest BCUT2D eigenvalue weighted by molar-refractivity contribution is 4.79. The van der Waals surface area contributed by atoms with Crippen molar-refractivity contribution in [2.24, 2.45) is 5.92 Å². The Kier molecular flexibility index (Phi) is 3.20. The van der Waals surface area contributed by atoms with Gasteiger partial charge in [-0.3, -0.25) is 0 Å². The quantitative estimate of drug-likeness (QED) is 0.634. The summed E-state index contributed by atoms with van der Waals surface area (Å²) in [5, 5.41) is 3.36. The Labute approximate surface area is 64.2 Å². The zero-order valence-electron chi connectivity index (χ0n) is 7.06. The second-order valence-corrected chi connectivity index (χ2v) is 3.53. The van der Waals surface area contributed by atoms with E-state index in [1.54, 1.807) is 0 Å². The second kappa shape index (κ2) is 3.97. The maximum atomic E-state index is 3.36. The summed E-state index contributed by atoms with van der Waals surface area (Å²) in [5.41, 5.74) is 0. The Morgan fingerprint density at radius 3 is 2.40 bits per heavy atom. The first-order valence-corrected chi connectivity index (χ1v) is 4.38. The lowest BCUT2D eigenvalue weighted by Gasteiger charge is -2.11. The third-order valence-corrected chi connectivity index (χ3v) is 2.07. The first-order chi connectivity index (χ1) is 4.79. The number of hydrogen-bond acceptors (Lipinski definition) is 1. The van der Waals surface area contributed by atoms with Crippen LogP contribution in [0.15, 0.2) is 0 Å². The lowest BCUT2D eigenvalue weighted by atomic mass is 10.1. The third-order valence-electron chi connectivity index (χ3n) is 2.07. The highest BCUT2D eigenvalue weighted by Gasteiger charge is 2.14. The molecule has 1 N–H and O–H groups in total. The van der Waals surface area contributed by atoms with Crippen LogP contribution < -0.4 is 5.32 Å². The van der Waals surface area contributed by atoms with Crippen molar-refractivity contribution in [1.82, 2.24) is 5.32 Å². The van der Waals surface area contributed by atoms with Gasteiger partial charge in [-0.15, -0.1) is 0 Å². The summed E-state index contributed by atoms with van der Waals surface area (Å²) < 4.78 is 0. The van der Waals surface area contributed by atoms with Crippen LogP contribution >= 0.6 is 0 Å². The largest absolute Gasteiger partial charge is 0.310 e. The van der Waals surface area contributed by atoms with Gasteiger partial charge in [0.25, 0.3) is 0 Å². The Morgan fingerprint density at radius 2 is 1.90 bits per heavy atom. The summed E-state index contributed by atoms with van der Waals surface area (Å²) in [5.74, 6) is 0.863. The van der Waals surface area contributed by atoms with E-state index in [-0.39, 0.29) is 0 Å². The van der Waals surface area contributed by atoms with Crippen LogP contribution in [0.1, 0.15) is 39.5 Å². The standard InChI is InChI=1S/C9H18N/c1-8(2)10-7-9-5-3-4-6-9/h7-10H,3-6H2,1-2H3. The molecule has 0 aromatic rings. The van der Waals surface area contributed by atoms with E-state index < -0.39 is 0 Å². The van der Waals surface area contributed by atoms with E-state index in [2.05, 4.69) is 25.7 Å². The monoisotopic (exact) mass is 140 g/mol. The predicted octanol–water partition coefficient (Wildman–Crippen LogP) is 2.34. The number of nitrogens with one attached hydrogen (secondary N) is 1. The fraction of sp³-hybridized carbons (Fsp3) is 0.889. The minimum absolute atomic E-state index is 0.612. The van der Waals surface area contributed by atoms with Crippen LogP contribution in [0.2, 0.25) is 0 Å². The van der Waals surface area contributed by atoms with E-state index in [1.807, 2.05) is 0 Å². The van der Waals surface area contributed by atoms with Crippen molar-refractivity contribution in [1.29, 1.82) is 0 Å². The molecule has 0 aliphatic heterocycles. The Hall–Kier alpha value is -0.0400. The van der Waals surface area contributed by atoms with Crippen LogP contribution in [-0.4, -0.2) is 6.04 Å². The van der Waals surface area contributed by atoms with E-state index in [1.165, 1.54) is 25.7 Å². The van der Waals surface area contributed by atoms with E-state index in [9.17, 15) is 0 Å². The molecule has 0 amide bonds. The zero-order chi connectivity index (χ0) is 7.40. The molecule has 0 bridgehead atoms. The average Bonchev–Trinajstić information content (AvgIpc) is 2.34. The van der Waals surface area contributed by atoms with Crippen molar-refractivity contribution in [3.63, 3.8) is 0 Å². The molecule has 0 saturated heterocycles. The lowest BCUT2D eigenvalue weighted by molar-refractivity contribution is 0.531. The van der Waals surface area contributed by atoms with Gasteiger partial charge in [0.1, 0.15) is 0 Å². The van der Waals surface area contributed by atoms with Crippen LogP contribution in [0, 0.1) is 12.5 Å². The maximum absolute atomic E-state index is 3.36. The molecule has 1 nitrogen and oxygen atoms in total. The zero-order valence-corrected chi connectivity index (χ0v) is 7.06. The highest BCUT2D eigenvalue weighted by Crippen LogP contribution is 2.25. The molecule has 0 unspecified atom stereocenters.